The Labute approximate surface area is 105 Å². The van der Waals surface area contributed by atoms with E-state index in [9.17, 15) is 8.42 Å². The highest BCUT2D eigenvalue weighted by Gasteiger charge is 2.19. The van der Waals surface area contributed by atoms with Crippen LogP contribution in [-0.2, 0) is 9.84 Å². The molecular weight excluding hydrogens is 288 g/mol. The third-order valence-corrected chi connectivity index (χ3v) is 5.26. The van der Waals surface area contributed by atoms with Gasteiger partial charge in [0.1, 0.15) is 0 Å². The first-order valence-corrected chi connectivity index (χ1v) is 8.16. The molecule has 0 amide bonds. The molecule has 0 N–H and O–H groups in total. The quantitative estimate of drug-likeness (QED) is 0.838. The topological polar surface area (TPSA) is 34.1 Å². The van der Waals surface area contributed by atoms with E-state index >= 15 is 0 Å². The first kappa shape index (κ1) is 12.1. The maximum absolute atomic E-state index is 11.5. The Hall–Kier alpha value is -0.350. The van der Waals surface area contributed by atoms with Gasteiger partial charge in [-0.05, 0) is 52.4 Å². The lowest BCUT2D eigenvalue weighted by atomic mass is 9.98. The Bertz CT molecular complexity index is 488. The summed E-state index contributed by atoms with van der Waals surface area (Å²) in [5, 5.41) is 0. The van der Waals surface area contributed by atoms with E-state index in [1.807, 2.05) is 12.1 Å². The lowest BCUT2D eigenvalue weighted by Crippen LogP contribution is -2.00. The van der Waals surface area contributed by atoms with E-state index in [2.05, 4.69) is 15.9 Å². The second kappa shape index (κ2) is 4.49. The van der Waals surface area contributed by atoms with Gasteiger partial charge in [-0.2, -0.15) is 0 Å². The maximum Gasteiger partial charge on any atom is 0.176 e. The molecule has 0 radical (unpaired) electrons. The second-order valence-electron chi connectivity index (χ2n) is 4.44. The summed E-state index contributed by atoms with van der Waals surface area (Å²) < 4.78 is 23.6. The summed E-state index contributed by atoms with van der Waals surface area (Å²) in [6.07, 6.45) is 6.27. The highest BCUT2D eigenvalue weighted by atomic mass is 79.9. The molecule has 0 spiro atoms. The van der Waals surface area contributed by atoms with E-state index in [-0.39, 0.29) is 0 Å². The van der Waals surface area contributed by atoms with Crippen LogP contribution in [0.25, 0.3) is 0 Å². The van der Waals surface area contributed by atoms with Crippen LogP contribution in [0.15, 0.2) is 27.6 Å². The van der Waals surface area contributed by atoms with Gasteiger partial charge in [0, 0.05) is 10.7 Å². The number of sulfone groups is 1. The first-order chi connectivity index (χ1) is 7.48. The van der Waals surface area contributed by atoms with Crippen LogP contribution in [0.3, 0.4) is 0 Å². The van der Waals surface area contributed by atoms with Crippen molar-refractivity contribution in [3.8, 4) is 0 Å². The SMILES string of the molecule is CS(=O)(=O)c1ccc(C2CCCC2)cc1Br. The van der Waals surface area contributed by atoms with Gasteiger partial charge in [0.2, 0.25) is 0 Å². The van der Waals surface area contributed by atoms with Crippen LogP contribution in [-0.4, -0.2) is 14.7 Å². The molecule has 1 aliphatic rings. The lowest BCUT2D eigenvalue weighted by molar-refractivity contribution is 0.601. The second-order valence-corrected chi connectivity index (χ2v) is 7.28. The molecule has 4 heteroatoms. The minimum absolute atomic E-state index is 0.384. The number of hydrogen-bond acceptors (Lipinski definition) is 2. The summed E-state index contributed by atoms with van der Waals surface area (Å²) in [7, 11) is -3.12. The van der Waals surface area contributed by atoms with Gasteiger partial charge < -0.3 is 0 Å². The fraction of sp³-hybridized carbons (Fsp3) is 0.500. The van der Waals surface area contributed by atoms with E-state index in [1.54, 1.807) is 6.07 Å². The molecule has 0 atom stereocenters. The van der Waals surface area contributed by atoms with Crippen LogP contribution < -0.4 is 0 Å². The molecule has 16 heavy (non-hydrogen) atoms. The van der Waals surface area contributed by atoms with Crippen LogP contribution in [0.1, 0.15) is 37.2 Å². The zero-order chi connectivity index (χ0) is 11.8. The van der Waals surface area contributed by atoms with E-state index in [0.717, 1.165) is 0 Å². The van der Waals surface area contributed by atoms with Crippen LogP contribution in [0.2, 0.25) is 0 Å². The normalized spacial score (nSPS) is 17.9. The molecule has 0 bridgehead atoms. The van der Waals surface area contributed by atoms with E-state index in [0.29, 0.717) is 15.3 Å². The average molecular weight is 303 g/mol. The number of rotatable bonds is 2. The smallest absolute Gasteiger partial charge is 0.176 e. The average Bonchev–Trinajstić information content (AvgIpc) is 2.68. The summed E-state index contributed by atoms with van der Waals surface area (Å²) in [6.45, 7) is 0. The Morgan fingerprint density at radius 3 is 2.38 bits per heavy atom. The van der Waals surface area contributed by atoms with Gasteiger partial charge in [0.05, 0.1) is 4.90 Å². The molecule has 0 aromatic heterocycles. The van der Waals surface area contributed by atoms with Crippen molar-refractivity contribution in [3.63, 3.8) is 0 Å². The van der Waals surface area contributed by atoms with Crippen molar-refractivity contribution < 1.29 is 8.42 Å². The minimum atomic E-state index is -3.12. The summed E-state index contributed by atoms with van der Waals surface area (Å²) >= 11 is 3.35. The highest BCUT2D eigenvalue weighted by Crippen LogP contribution is 2.36. The standard InChI is InChI=1S/C12H15BrO2S/c1-16(14,15)12-7-6-10(8-11(12)13)9-4-2-3-5-9/h6-9H,2-5H2,1H3. The van der Waals surface area contributed by atoms with Gasteiger partial charge in [-0.15, -0.1) is 0 Å². The van der Waals surface area contributed by atoms with Crippen LogP contribution >= 0.6 is 15.9 Å². The molecule has 0 aliphatic heterocycles. The van der Waals surface area contributed by atoms with Crippen molar-refractivity contribution in [2.75, 3.05) is 6.26 Å². The van der Waals surface area contributed by atoms with Crippen molar-refractivity contribution in [1.82, 2.24) is 0 Å². The Morgan fingerprint density at radius 2 is 1.88 bits per heavy atom. The summed E-state index contributed by atoms with van der Waals surface area (Å²) in [5.74, 6) is 0.616. The van der Waals surface area contributed by atoms with Gasteiger partial charge in [-0.1, -0.05) is 18.9 Å². The highest BCUT2D eigenvalue weighted by molar-refractivity contribution is 9.10. The van der Waals surface area contributed by atoms with E-state index in [4.69, 9.17) is 0 Å². The molecule has 1 aromatic rings. The van der Waals surface area contributed by atoms with E-state index < -0.39 is 9.84 Å². The number of halogens is 1. The van der Waals surface area contributed by atoms with Gasteiger partial charge in [0.25, 0.3) is 0 Å². The molecule has 1 aliphatic carbocycles. The van der Waals surface area contributed by atoms with Crippen molar-refractivity contribution >= 4 is 25.8 Å². The molecule has 1 saturated carbocycles. The molecule has 88 valence electrons. The predicted molar refractivity (Wildman–Crippen MR) is 68.5 cm³/mol. The van der Waals surface area contributed by atoms with Crippen LogP contribution in [0.5, 0.6) is 0 Å². The number of benzene rings is 1. The molecule has 1 aromatic carbocycles. The molecular formula is C12H15BrO2S. The molecule has 0 saturated heterocycles. The third kappa shape index (κ3) is 2.48. The largest absolute Gasteiger partial charge is 0.224 e. The zero-order valence-corrected chi connectivity index (χ0v) is 11.6. The minimum Gasteiger partial charge on any atom is -0.224 e. The van der Waals surface area contributed by atoms with Crippen LogP contribution in [0.4, 0.5) is 0 Å². The zero-order valence-electron chi connectivity index (χ0n) is 9.24. The predicted octanol–water partition coefficient (Wildman–Crippen LogP) is 3.51. The molecule has 2 nitrogen and oxygen atoms in total. The van der Waals surface area contributed by atoms with Gasteiger partial charge in [-0.25, -0.2) is 8.42 Å². The van der Waals surface area contributed by atoms with Gasteiger partial charge >= 0.3 is 0 Å². The summed E-state index contributed by atoms with van der Waals surface area (Å²) in [4.78, 5) is 0.384. The van der Waals surface area contributed by atoms with Crippen molar-refractivity contribution in [1.29, 1.82) is 0 Å². The van der Waals surface area contributed by atoms with Crippen molar-refractivity contribution in [3.05, 3.63) is 28.2 Å². The molecule has 1 fully saturated rings. The summed E-state index contributed by atoms with van der Waals surface area (Å²) in [5.41, 5.74) is 1.26. The first-order valence-electron chi connectivity index (χ1n) is 5.48. The fourth-order valence-corrected chi connectivity index (χ4v) is 4.34. The van der Waals surface area contributed by atoms with Crippen LogP contribution in [0, 0.1) is 0 Å². The molecule has 0 unspecified atom stereocenters. The third-order valence-electron chi connectivity index (χ3n) is 3.18. The summed E-state index contributed by atoms with van der Waals surface area (Å²) in [6, 6.07) is 5.64. The van der Waals surface area contributed by atoms with Gasteiger partial charge in [-0.3, -0.25) is 0 Å². The maximum atomic E-state index is 11.5. The van der Waals surface area contributed by atoms with Crippen molar-refractivity contribution in [2.24, 2.45) is 0 Å². The number of hydrogen-bond donors (Lipinski definition) is 0. The van der Waals surface area contributed by atoms with Gasteiger partial charge in [0.15, 0.2) is 9.84 Å². The fourth-order valence-electron chi connectivity index (χ4n) is 2.33. The molecule has 2 rings (SSSR count). The van der Waals surface area contributed by atoms with E-state index in [1.165, 1.54) is 37.5 Å². The molecule has 0 heterocycles. The Balaban J connectivity index is 2.36. The monoisotopic (exact) mass is 302 g/mol. The van der Waals surface area contributed by atoms with Crippen molar-refractivity contribution in [2.45, 2.75) is 36.5 Å². The lowest BCUT2D eigenvalue weighted by Gasteiger charge is -2.11. The Morgan fingerprint density at radius 1 is 1.25 bits per heavy atom. The Kier molecular flexibility index (Phi) is 3.40.